The first-order chi connectivity index (χ1) is 10.2. The molecule has 0 aliphatic heterocycles. The molecule has 0 saturated carbocycles. The summed E-state index contributed by atoms with van der Waals surface area (Å²) >= 11 is 0. The van der Waals surface area contributed by atoms with Crippen LogP contribution in [0.5, 0.6) is 0 Å². The third-order valence-electron chi connectivity index (χ3n) is 4.19. The summed E-state index contributed by atoms with van der Waals surface area (Å²) in [5, 5.41) is 1.10. The molecule has 2 nitrogen and oxygen atoms in total. The Kier molecular flexibility index (Phi) is 3.78. The highest BCUT2D eigenvalue weighted by Crippen LogP contribution is 2.29. The number of hydrogen-bond donors (Lipinski definition) is 0. The number of benzene rings is 1. The van der Waals surface area contributed by atoms with Crippen molar-refractivity contribution >= 4 is 11.0 Å². The van der Waals surface area contributed by atoms with Crippen molar-refractivity contribution in [3.05, 3.63) is 53.9 Å². The van der Waals surface area contributed by atoms with E-state index in [9.17, 15) is 0 Å². The van der Waals surface area contributed by atoms with Gasteiger partial charge in [-0.05, 0) is 55.5 Å². The number of furan rings is 1. The Morgan fingerprint density at radius 2 is 1.90 bits per heavy atom. The van der Waals surface area contributed by atoms with Crippen LogP contribution >= 0.6 is 0 Å². The van der Waals surface area contributed by atoms with Crippen LogP contribution in [0.1, 0.15) is 43.7 Å². The molecule has 0 spiro atoms. The molecule has 0 atom stereocenters. The highest BCUT2D eigenvalue weighted by molar-refractivity contribution is 5.81. The average Bonchev–Trinajstić information content (AvgIpc) is 2.95. The summed E-state index contributed by atoms with van der Waals surface area (Å²) in [5.74, 6) is 0.626. The molecule has 3 aromatic rings. The van der Waals surface area contributed by atoms with E-state index >= 15 is 0 Å². The van der Waals surface area contributed by atoms with E-state index in [2.05, 4.69) is 50.0 Å². The van der Waals surface area contributed by atoms with Crippen molar-refractivity contribution in [2.75, 3.05) is 0 Å². The van der Waals surface area contributed by atoms with Crippen LogP contribution in [0.15, 0.2) is 47.2 Å². The topological polar surface area (TPSA) is 26.0 Å². The second kappa shape index (κ2) is 5.72. The number of nitrogens with zero attached hydrogens (tertiary/aromatic N) is 1. The summed E-state index contributed by atoms with van der Waals surface area (Å²) in [7, 11) is 0. The SMILES string of the molecule is CCC(CC)c1cc(C)cc(-c2cc3ccoc3cn2)c1. The zero-order chi connectivity index (χ0) is 14.8. The van der Waals surface area contributed by atoms with Gasteiger partial charge in [0.15, 0.2) is 5.58 Å². The van der Waals surface area contributed by atoms with Crippen LogP contribution in [-0.2, 0) is 0 Å². The zero-order valence-electron chi connectivity index (χ0n) is 12.9. The van der Waals surface area contributed by atoms with Gasteiger partial charge in [0.2, 0.25) is 0 Å². The van der Waals surface area contributed by atoms with Gasteiger partial charge in [0.1, 0.15) is 0 Å². The van der Waals surface area contributed by atoms with Crippen LogP contribution in [0.3, 0.4) is 0 Å². The lowest BCUT2D eigenvalue weighted by molar-refractivity contribution is 0.614. The standard InChI is InChI=1S/C19H21NO/c1-4-14(5-2)16-8-13(3)9-17(10-16)18-11-15-6-7-21-19(15)12-20-18/h6-12,14H,4-5H2,1-3H3. The first kappa shape index (κ1) is 13.9. The van der Waals surface area contributed by atoms with Crippen LogP contribution in [0.25, 0.3) is 22.2 Å². The second-order valence-corrected chi connectivity index (χ2v) is 5.67. The molecule has 21 heavy (non-hydrogen) atoms. The van der Waals surface area contributed by atoms with Crippen molar-refractivity contribution in [1.29, 1.82) is 0 Å². The number of aryl methyl sites for hydroxylation is 1. The number of rotatable bonds is 4. The van der Waals surface area contributed by atoms with Crippen molar-refractivity contribution in [1.82, 2.24) is 4.98 Å². The molecule has 0 aliphatic carbocycles. The molecule has 108 valence electrons. The van der Waals surface area contributed by atoms with Crippen LogP contribution < -0.4 is 0 Å². The maximum atomic E-state index is 5.37. The van der Waals surface area contributed by atoms with Gasteiger partial charge in [0, 0.05) is 10.9 Å². The second-order valence-electron chi connectivity index (χ2n) is 5.67. The molecule has 0 unspecified atom stereocenters. The minimum absolute atomic E-state index is 0.626. The fourth-order valence-electron chi connectivity index (χ4n) is 2.98. The number of aromatic nitrogens is 1. The minimum atomic E-state index is 0.626. The molecule has 3 rings (SSSR count). The molecule has 2 aromatic heterocycles. The zero-order valence-corrected chi connectivity index (χ0v) is 12.9. The van der Waals surface area contributed by atoms with Crippen LogP contribution in [0.2, 0.25) is 0 Å². The maximum absolute atomic E-state index is 5.37. The van der Waals surface area contributed by atoms with Crippen molar-refractivity contribution in [2.24, 2.45) is 0 Å². The van der Waals surface area contributed by atoms with Crippen molar-refractivity contribution in [3.8, 4) is 11.3 Å². The predicted molar refractivity (Wildman–Crippen MR) is 87.5 cm³/mol. The van der Waals surface area contributed by atoms with Gasteiger partial charge in [0.25, 0.3) is 0 Å². The fourth-order valence-corrected chi connectivity index (χ4v) is 2.98. The molecule has 0 amide bonds. The summed E-state index contributed by atoms with van der Waals surface area (Å²) in [6.07, 6.45) is 5.87. The number of hydrogen-bond acceptors (Lipinski definition) is 2. The van der Waals surface area contributed by atoms with Crippen molar-refractivity contribution in [2.45, 2.75) is 39.5 Å². The quantitative estimate of drug-likeness (QED) is 0.611. The van der Waals surface area contributed by atoms with E-state index < -0.39 is 0 Å². The molecule has 2 heterocycles. The third kappa shape index (κ3) is 2.71. The van der Waals surface area contributed by atoms with E-state index in [-0.39, 0.29) is 0 Å². The highest BCUT2D eigenvalue weighted by Gasteiger charge is 2.10. The van der Waals surface area contributed by atoms with Gasteiger partial charge in [0.05, 0.1) is 18.2 Å². The van der Waals surface area contributed by atoms with Gasteiger partial charge in [-0.15, -0.1) is 0 Å². The Labute approximate surface area is 125 Å². The normalized spacial score (nSPS) is 11.4. The number of pyridine rings is 1. The molecular formula is C19H21NO. The van der Waals surface area contributed by atoms with E-state index in [1.807, 2.05) is 12.3 Å². The minimum Gasteiger partial charge on any atom is -0.463 e. The van der Waals surface area contributed by atoms with Crippen LogP contribution in [0, 0.1) is 6.92 Å². The Morgan fingerprint density at radius 3 is 2.67 bits per heavy atom. The Hall–Kier alpha value is -2.09. The number of fused-ring (bicyclic) bond motifs is 1. The fraction of sp³-hybridized carbons (Fsp3) is 0.316. The molecular weight excluding hydrogens is 258 g/mol. The van der Waals surface area contributed by atoms with Gasteiger partial charge in [-0.3, -0.25) is 4.98 Å². The molecule has 1 aromatic carbocycles. The lowest BCUT2D eigenvalue weighted by atomic mass is 9.90. The highest BCUT2D eigenvalue weighted by atomic mass is 16.3. The summed E-state index contributed by atoms with van der Waals surface area (Å²) < 4.78 is 5.37. The first-order valence-corrected chi connectivity index (χ1v) is 7.66. The molecule has 2 heteroatoms. The monoisotopic (exact) mass is 279 g/mol. The summed E-state index contributed by atoms with van der Waals surface area (Å²) in [6.45, 7) is 6.67. The van der Waals surface area contributed by atoms with Crippen LogP contribution in [-0.4, -0.2) is 4.98 Å². The summed E-state index contributed by atoms with van der Waals surface area (Å²) in [5.41, 5.74) is 5.76. The van der Waals surface area contributed by atoms with E-state index in [0.29, 0.717) is 5.92 Å². The lowest BCUT2D eigenvalue weighted by Gasteiger charge is -2.15. The smallest absolute Gasteiger partial charge is 0.152 e. The molecule has 0 bridgehead atoms. The Morgan fingerprint density at radius 1 is 1.10 bits per heavy atom. The van der Waals surface area contributed by atoms with Gasteiger partial charge < -0.3 is 4.42 Å². The van der Waals surface area contributed by atoms with Gasteiger partial charge in [-0.1, -0.05) is 25.5 Å². The molecule has 0 fully saturated rings. The maximum Gasteiger partial charge on any atom is 0.152 e. The van der Waals surface area contributed by atoms with E-state index in [4.69, 9.17) is 4.42 Å². The van der Waals surface area contributed by atoms with E-state index in [1.54, 1.807) is 6.26 Å². The Bertz CT molecular complexity index is 753. The molecule has 0 radical (unpaired) electrons. The average molecular weight is 279 g/mol. The van der Waals surface area contributed by atoms with E-state index in [1.165, 1.54) is 29.5 Å². The Balaban J connectivity index is 2.08. The molecule has 0 N–H and O–H groups in total. The first-order valence-electron chi connectivity index (χ1n) is 7.66. The molecule has 0 aliphatic rings. The predicted octanol–water partition coefficient (Wildman–Crippen LogP) is 5.71. The molecule has 0 saturated heterocycles. The van der Waals surface area contributed by atoms with Crippen LogP contribution in [0.4, 0.5) is 0 Å². The summed E-state index contributed by atoms with van der Waals surface area (Å²) in [6, 6.07) is 10.9. The van der Waals surface area contributed by atoms with Gasteiger partial charge in [-0.25, -0.2) is 0 Å². The van der Waals surface area contributed by atoms with Crippen molar-refractivity contribution in [3.63, 3.8) is 0 Å². The van der Waals surface area contributed by atoms with E-state index in [0.717, 1.165) is 16.7 Å². The van der Waals surface area contributed by atoms with Gasteiger partial charge >= 0.3 is 0 Å². The van der Waals surface area contributed by atoms with Crippen molar-refractivity contribution < 1.29 is 4.42 Å². The largest absolute Gasteiger partial charge is 0.463 e. The third-order valence-corrected chi connectivity index (χ3v) is 4.19. The lowest BCUT2D eigenvalue weighted by Crippen LogP contribution is -1.97. The van der Waals surface area contributed by atoms with Gasteiger partial charge in [-0.2, -0.15) is 0 Å². The summed E-state index contributed by atoms with van der Waals surface area (Å²) in [4.78, 5) is 4.55.